The first kappa shape index (κ1) is 14.3. The van der Waals surface area contributed by atoms with Crippen molar-refractivity contribution in [1.82, 2.24) is 0 Å². The third-order valence-corrected chi connectivity index (χ3v) is 2.81. The predicted molar refractivity (Wildman–Crippen MR) is 73.8 cm³/mol. The smallest absolute Gasteiger partial charge is 0.320 e. The molecule has 4 heteroatoms. The number of likely N-dealkylation sites (N-methyl/N-ethyl adjacent to an activating group) is 1. The van der Waals surface area contributed by atoms with E-state index < -0.39 is 12.0 Å². The van der Waals surface area contributed by atoms with Gasteiger partial charge in [-0.1, -0.05) is 18.2 Å². The van der Waals surface area contributed by atoms with E-state index in [-0.39, 0.29) is 0 Å². The molecule has 0 aliphatic rings. The summed E-state index contributed by atoms with van der Waals surface area (Å²) < 4.78 is 0. The van der Waals surface area contributed by atoms with E-state index in [1.54, 1.807) is 0 Å². The van der Waals surface area contributed by atoms with Gasteiger partial charge >= 0.3 is 5.97 Å². The summed E-state index contributed by atoms with van der Waals surface area (Å²) in [7, 11) is 0. The Morgan fingerprint density at radius 3 is 2.56 bits per heavy atom. The SMILES string of the molecule is C=CCN(CC)c1ccc(C[C@@H](N)C(=O)O)cc1. The highest BCUT2D eigenvalue weighted by Gasteiger charge is 2.12. The van der Waals surface area contributed by atoms with E-state index in [4.69, 9.17) is 10.8 Å². The molecule has 1 rings (SSSR count). The molecule has 0 fully saturated rings. The van der Waals surface area contributed by atoms with Crippen LogP contribution >= 0.6 is 0 Å². The fourth-order valence-corrected chi connectivity index (χ4v) is 1.76. The Balaban J connectivity index is 2.72. The van der Waals surface area contributed by atoms with Crippen molar-refractivity contribution in [3.63, 3.8) is 0 Å². The molecule has 1 aromatic carbocycles. The van der Waals surface area contributed by atoms with Gasteiger partial charge in [0.1, 0.15) is 6.04 Å². The van der Waals surface area contributed by atoms with Gasteiger partial charge in [0.2, 0.25) is 0 Å². The van der Waals surface area contributed by atoms with E-state index in [1.165, 1.54) is 0 Å². The highest BCUT2D eigenvalue weighted by molar-refractivity contribution is 5.73. The molecule has 4 nitrogen and oxygen atoms in total. The molecule has 0 aromatic heterocycles. The lowest BCUT2D eigenvalue weighted by Crippen LogP contribution is -2.32. The van der Waals surface area contributed by atoms with Crippen LogP contribution in [0.2, 0.25) is 0 Å². The van der Waals surface area contributed by atoms with Crippen molar-refractivity contribution < 1.29 is 9.90 Å². The molecule has 0 bridgehead atoms. The molecule has 0 saturated heterocycles. The van der Waals surface area contributed by atoms with Crippen LogP contribution in [0.15, 0.2) is 36.9 Å². The lowest BCUT2D eigenvalue weighted by Gasteiger charge is -2.21. The molecular formula is C14H20N2O2. The topological polar surface area (TPSA) is 66.6 Å². The van der Waals surface area contributed by atoms with Gasteiger partial charge in [-0.25, -0.2) is 0 Å². The number of nitrogens with two attached hydrogens (primary N) is 1. The zero-order valence-electron chi connectivity index (χ0n) is 10.7. The summed E-state index contributed by atoms with van der Waals surface area (Å²) in [6, 6.07) is 6.97. The third-order valence-electron chi connectivity index (χ3n) is 2.81. The maximum absolute atomic E-state index is 10.7. The summed E-state index contributed by atoms with van der Waals surface area (Å²) in [4.78, 5) is 12.8. The molecule has 0 aliphatic heterocycles. The zero-order chi connectivity index (χ0) is 13.5. The lowest BCUT2D eigenvalue weighted by atomic mass is 10.1. The number of nitrogens with zero attached hydrogens (tertiary/aromatic N) is 1. The Hall–Kier alpha value is -1.81. The largest absolute Gasteiger partial charge is 0.480 e. The van der Waals surface area contributed by atoms with Crippen molar-refractivity contribution in [2.45, 2.75) is 19.4 Å². The van der Waals surface area contributed by atoms with Crippen molar-refractivity contribution in [2.75, 3.05) is 18.0 Å². The summed E-state index contributed by atoms with van der Waals surface area (Å²) >= 11 is 0. The zero-order valence-corrected chi connectivity index (χ0v) is 10.7. The van der Waals surface area contributed by atoms with Gasteiger partial charge in [-0.3, -0.25) is 4.79 Å². The summed E-state index contributed by atoms with van der Waals surface area (Å²) in [6.07, 6.45) is 2.21. The standard InChI is InChI=1S/C14H20N2O2/c1-3-9-16(4-2)12-7-5-11(6-8-12)10-13(15)14(17)18/h3,5-8,13H,1,4,9-10,15H2,2H3,(H,17,18)/t13-/m1/s1. The average molecular weight is 248 g/mol. The van der Waals surface area contributed by atoms with Crippen LogP contribution in [0.5, 0.6) is 0 Å². The molecule has 0 spiro atoms. The molecule has 1 atom stereocenters. The van der Waals surface area contributed by atoms with Crippen molar-refractivity contribution in [3.8, 4) is 0 Å². The number of carboxylic acids is 1. The number of rotatable bonds is 7. The Kier molecular flexibility index (Phi) is 5.39. The first-order chi connectivity index (χ1) is 8.58. The number of hydrogen-bond donors (Lipinski definition) is 2. The number of benzene rings is 1. The molecule has 0 unspecified atom stereocenters. The second-order valence-electron chi connectivity index (χ2n) is 4.14. The van der Waals surface area contributed by atoms with Crippen molar-refractivity contribution in [3.05, 3.63) is 42.5 Å². The number of carbonyl (C=O) groups is 1. The Morgan fingerprint density at radius 2 is 2.11 bits per heavy atom. The van der Waals surface area contributed by atoms with E-state index in [2.05, 4.69) is 18.4 Å². The van der Waals surface area contributed by atoms with Gasteiger partial charge in [0.15, 0.2) is 0 Å². The van der Waals surface area contributed by atoms with Gasteiger partial charge in [0.25, 0.3) is 0 Å². The van der Waals surface area contributed by atoms with E-state index in [0.29, 0.717) is 6.42 Å². The number of carboxylic acid groups (broad SMARTS) is 1. The van der Waals surface area contributed by atoms with Gasteiger partial charge in [0.05, 0.1) is 0 Å². The predicted octanol–water partition coefficient (Wildman–Crippen LogP) is 1.65. The van der Waals surface area contributed by atoms with E-state index in [9.17, 15) is 4.79 Å². The number of anilines is 1. The Bertz CT molecular complexity index is 401. The molecule has 18 heavy (non-hydrogen) atoms. The van der Waals surface area contributed by atoms with Crippen LogP contribution in [-0.4, -0.2) is 30.2 Å². The van der Waals surface area contributed by atoms with Gasteiger partial charge in [-0.2, -0.15) is 0 Å². The van der Waals surface area contributed by atoms with Crippen LogP contribution < -0.4 is 10.6 Å². The molecule has 0 aliphatic carbocycles. The average Bonchev–Trinajstić information content (AvgIpc) is 2.37. The minimum atomic E-state index is -0.971. The van der Waals surface area contributed by atoms with E-state index in [0.717, 1.165) is 24.3 Å². The summed E-state index contributed by atoms with van der Waals surface area (Å²) in [5.41, 5.74) is 7.53. The summed E-state index contributed by atoms with van der Waals surface area (Å²) in [5, 5.41) is 8.75. The van der Waals surface area contributed by atoms with Crippen LogP contribution in [-0.2, 0) is 11.2 Å². The van der Waals surface area contributed by atoms with Crippen molar-refractivity contribution in [2.24, 2.45) is 5.73 Å². The normalized spacial score (nSPS) is 11.9. The fourth-order valence-electron chi connectivity index (χ4n) is 1.76. The van der Waals surface area contributed by atoms with E-state index in [1.807, 2.05) is 30.3 Å². The summed E-state index contributed by atoms with van der Waals surface area (Å²) in [5.74, 6) is -0.971. The molecule has 98 valence electrons. The first-order valence-corrected chi connectivity index (χ1v) is 6.01. The molecule has 0 saturated carbocycles. The fraction of sp³-hybridized carbons (Fsp3) is 0.357. The van der Waals surface area contributed by atoms with Crippen molar-refractivity contribution in [1.29, 1.82) is 0 Å². The third kappa shape index (κ3) is 3.89. The minimum absolute atomic E-state index is 0.350. The molecule has 1 aromatic rings. The van der Waals surface area contributed by atoms with Gasteiger partial charge in [-0.05, 0) is 31.0 Å². The Morgan fingerprint density at radius 1 is 1.50 bits per heavy atom. The summed E-state index contributed by atoms with van der Waals surface area (Å²) in [6.45, 7) is 7.51. The number of hydrogen-bond acceptors (Lipinski definition) is 3. The van der Waals surface area contributed by atoms with Crippen LogP contribution in [0, 0.1) is 0 Å². The highest BCUT2D eigenvalue weighted by atomic mass is 16.4. The van der Waals surface area contributed by atoms with Gasteiger partial charge in [0, 0.05) is 18.8 Å². The molecular weight excluding hydrogens is 228 g/mol. The number of aliphatic carboxylic acids is 1. The first-order valence-electron chi connectivity index (χ1n) is 6.01. The highest BCUT2D eigenvalue weighted by Crippen LogP contribution is 2.15. The minimum Gasteiger partial charge on any atom is -0.480 e. The van der Waals surface area contributed by atoms with Crippen molar-refractivity contribution >= 4 is 11.7 Å². The monoisotopic (exact) mass is 248 g/mol. The van der Waals surface area contributed by atoms with Crippen LogP contribution in [0.3, 0.4) is 0 Å². The molecule has 0 amide bonds. The second-order valence-corrected chi connectivity index (χ2v) is 4.14. The van der Waals surface area contributed by atoms with Gasteiger partial charge < -0.3 is 15.7 Å². The maximum Gasteiger partial charge on any atom is 0.320 e. The van der Waals surface area contributed by atoms with Crippen LogP contribution in [0.25, 0.3) is 0 Å². The maximum atomic E-state index is 10.7. The Labute approximate surface area is 108 Å². The van der Waals surface area contributed by atoms with Crippen LogP contribution in [0.1, 0.15) is 12.5 Å². The second kappa shape index (κ2) is 6.81. The lowest BCUT2D eigenvalue weighted by molar-refractivity contribution is -0.138. The van der Waals surface area contributed by atoms with Crippen LogP contribution in [0.4, 0.5) is 5.69 Å². The molecule has 3 N–H and O–H groups in total. The molecule has 0 heterocycles. The van der Waals surface area contributed by atoms with E-state index >= 15 is 0 Å². The quantitative estimate of drug-likeness (QED) is 0.720. The van der Waals surface area contributed by atoms with Gasteiger partial charge in [-0.15, -0.1) is 6.58 Å². The molecule has 0 radical (unpaired) electrons.